The van der Waals surface area contributed by atoms with Gasteiger partial charge in [0.15, 0.2) is 6.17 Å². The standard InChI is InChI=1S/C21H18FN5O2/c1-12-5-6-14(19-25-21(29-26-19)18(22)13-7-8-13)10-15(12)24-20(28)16-11-23-17-4-2-3-9-27(16)17/h2-6,9-11,13,18H,7-8H2,1H3,(H,24,28)/t18-/m1/s1. The molecule has 0 spiro atoms. The van der Waals surface area contributed by atoms with E-state index in [2.05, 4.69) is 20.4 Å². The van der Waals surface area contributed by atoms with Gasteiger partial charge < -0.3 is 9.84 Å². The average Bonchev–Trinajstić information content (AvgIpc) is 3.30. The van der Waals surface area contributed by atoms with Crippen LogP contribution in [0.15, 0.2) is 53.3 Å². The molecule has 4 aromatic rings. The van der Waals surface area contributed by atoms with Crippen molar-refractivity contribution in [3.8, 4) is 11.4 Å². The Balaban J connectivity index is 1.41. The monoisotopic (exact) mass is 391 g/mol. The summed E-state index contributed by atoms with van der Waals surface area (Å²) in [5, 5.41) is 6.82. The van der Waals surface area contributed by atoms with Gasteiger partial charge in [0.1, 0.15) is 11.3 Å². The van der Waals surface area contributed by atoms with E-state index in [4.69, 9.17) is 4.52 Å². The minimum absolute atomic E-state index is 0.0124. The number of amides is 1. The molecule has 5 rings (SSSR count). The van der Waals surface area contributed by atoms with E-state index in [0.29, 0.717) is 28.4 Å². The second kappa shape index (κ2) is 6.80. The molecule has 1 aromatic carbocycles. The summed E-state index contributed by atoms with van der Waals surface area (Å²) in [6.07, 6.45) is 3.81. The highest BCUT2D eigenvalue weighted by atomic mass is 19.1. The first-order valence-electron chi connectivity index (χ1n) is 9.42. The Labute approximate surface area is 165 Å². The number of pyridine rings is 1. The number of benzene rings is 1. The Bertz CT molecular complexity index is 1210. The molecule has 3 aromatic heterocycles. The number of imidazole rings is 1. The van der Waals surface area contributed by atoms with Crippen LogP contribution < -0.4 is 5.32 Å². The number of alkyl halides is 1. The quantitative estimate of drug-likeness (QED) is 0.546. The van der Waals surface area contributed by atoms with Crippen LogP contribution in [0.2, 0.25) is 0 Å². The number of hydrogen-bond acceptors (Lipinski definition) is 5. The fourth-order valence-corrected chi connectivity index (χ4v) is 3.24. The van der Waals surface area contributed by atoms with Gasteiger partial charge in [0.2, 0.25) is 5.82 Å². The number of rotatable bonds is 5. The Morgan fingerprint density at radius 2 is 2.17 bits per heavy atom. The molecule has 1 amide bonds. The minimum atomic E-state index is -1.21. The molecule has 0 saturated heterocycles. The molecule has 3 heterocycles. The summed E-state index contributed by atoms with van der Waals surface area (Å²) in [6, 6.07) is 11.0. The number of nitrogens with zero attached hydrogens (tertiary/aromatic N) is 4. The molecule has 0 bridgehead atoms. The van der Waals surface area contributed by atoms with E-state index in [0.717, 1.165) is 18.4 Å². The van der Waals surface area contributed by atoms with Crippen LogP contribution in [0.4, 0.5) is 10.1 Å². The molecular weight excluding hydrogens is 373 g/mol. The van der Waals surface area contributed by atoms with E-state index in [-0.39, 0.29) is 17.7 Å². The fourth-order valence-electron chi connectivity index (χ4n) is 3.24. The zero-order chi connectivity index (χ0) is 20.0. The van der Waals surface area contributed by atoms with Crippen LogP contribution in [0, 0.1) is 12.8 Å². The second-order valence-electron chi connectivity index (χ2n) is 7.25. The van der Waals surface area contributed by atoms with Crippen LogP contribution >= 0.6 is 0 Å². The van der Waals surface area contributed by atoms with Gasteiger partial charge in [-0.15, -0.1) is 0 Å². The number of aromatic nitrogens is 4. The number of carbonyl (C=O) groups excluding carboxylic acids is 1. The molecule has 0 radical (unpaired) electrons. The second-order valence-corrected chi connectivity index (χ2v) is 7.25. The van der Waals surface area contributed by atoms with Gasteiger partial charge in [0.25, 0.3) is 11.8 Å². The zero-order valence-electron chi connectivity index (χ0n) is 15.7. The van der Waals surface area contributed by atoms with Crippen molar-refractivity contribution < 1.29 is 13.7 Å². The summed E-state index contributed by atoms with van der Waals surface area (Å²) in [5.41, 5.74) is 3.25. The summed E-state index contributed by atoms with van der Waals surface area (Å²) in [4.78, 5) is 21.2. The lowest BCUT2D eigenvalue weighted by Crippen LogP contribution is -2.15. The minimum Gasteiger partial charge on any atom is -0.336 e. The fraction of sp³-hybridized carbons (Fsp3) is 0.238. The van der Waals surface area contributed by atoms with E-state index < -0.39 is 6.17 Å². The van der Waals surface area contributed by atoms with Crippen molar-refractivity contribution in [1.82, 2.24) is 19.5 Å². The molecule has 1 fully saturated rings. The molecule has 1 aliphatic rings. The maximum atomic E-state index is 14.2. The number of fused-ring (bicyclic) bond motifs is 1. The van der Waals surface area contributed by atoms with Crippen LogP contribution in [-0.2, 0) is 0 Å². The van der Waals surface area contributed by atoms with Crippen molar-refractivity contribution in [2.75, 3.05) is 5.32 Å². The third-order valence-electron chi connectivity index (χ3n) is 5.11. The van der Waals surface area contributed by atoms with E-state index >= 15 is 0 Å². The van der Waals surface area contributed by atoms with E-state index in [1.165, 1.54) is 6.20 Å². The first-order valence-corrected chi connectivity index (χ1v) is 9.42. The zero-order valence-corrected chi connectivity index (χ0v) is 15.7. The molecule has 7 nitrogen and oxygen atoms in total. The molecule has 1 N–H and O–H groups in total. The van der Waals surface area contributed by atoms with Gasteiger partial charge in [-0.2, -0.15) is 4.98 Å². The molecule has 29 heavy (non-hydrogen) atoms. The maximum absolute atomic E-state index is 14.2. The predicted molar refractivity (Wildman–Crippen MR) is 104 cm³/mol. The number of carbonyl (C=O) groups is 1. The van der Waals surface area contributed by atoms with Crippen molar-refractivity contribution in [2.45, 2.75) is 25.9 Å². The lowest BCUT2D eigenvalue weighted by molar-refractivity contribution is 0.102. The van der Waals surface area contributed by atoms with Crippen molar-refractivity contribution in [3.05, 3.63) is 65.9 Å². The third kappa shape index (κ3) is 3.26. The van der Waals surface area contributed by atoms with Crippen LogP contribution in [0.25, 0.3) is 17.0 Å². The van der Waals surface area contributed by atoms with Gasteiger partial charge >= 0.3 is 0 Å². The van der Waals surface area contributed by atoms with Gasteiger partial charge in [-0.25, -0.2) is 9.37 Å². The first kappa shape index (κ1) is 17.5. The summed E-state index contributed by atoms with van der Waals surface area (Å²) in [6.45, 7) is 1.89. The van der Waals surface area contributed by atoms with Crippen LogP contribution in [0.5, 0.6) is 0 Å². The lowest BCUT2D eigenvalue weighted by atomic mass is 10.1. The highest BCUT2D eigenvalue weighted by molar-refractivity contribution is 6.04. The first-order chi connectivity index (χ1) is 14.1. The summed E-state index contributed by atoms with van der Waals surface area (Å²) in [7, 11) is 0. The molecule has 146 valence electrons. The summed E-state index contributed by atoms with van der Waals surface area (Å²) < 4.78 is 21.0. The molecule has 1 saturated carbocycles. The van der Waals surface area contributed by atoms with Crippen LogP contribution in [0.1, 0.15) is 41.0 Å². The molecule has 1 aliphatic carbocycles. The molecule has 1 atom stereocenters. The Morgan fingerprint density at radius 3 is 3.00 bits per heavy atom. The van der Waals surface area contributed by atoms with E-state index in [1.807, 2.05) is 37.3 Å². The molecular formula is C21H18FN5O2. The Kier molecular flexibility index (Phi) is 4.12. The number of hydrogen-bond donors (Lipinski definition) is 1. The molecule has 0 unspecified atom stereocenters. The summed E-state index contributed by atoms with van der Waals surface area (Å²) in [5.74, 6) is 0.0185. The number of nitrogens with one attached hydrogen (secondary N) is 1. The van der Waals surface area contributed by atoms with Crippen molar-refractivity contribution >= 4 is 17.2 Å². The molecule has 8 heteroatoms. The average molecular weight is 391 g/mol. The number of anilines is 1. The van der Waals surface area contributed by atoms with Gasteiger partial charge in [-0.3, -0.25) is 9.20 Å². The highest BCUT2D eigenvalue weighted by Crippen LogP contribution is 2.43. The van der Waals surface area contributed by atoms with Crippen molar-refractivity contribution in [3.63, 3.8) is 0 Å². The van der Waals surface area contributed by atoms with E-state index in [9.17, 15) is 9.18 Å². The number of halogens is 1. The van der Waals surface area contributed by atoms with Gasteiger partial charge in [-0.1, -0.05) is 23.4 Å². The highest BCUT2D eigenvalue weighted by Gasteiger charge is 2.36. The van der Waals surface area contributed by atoms with Gasteiger partial charge in [0.05, 0.1) is 6.20 Å². The SMILES string of the molecule is Cc1ccc(-c2noc([C@H](F)C3CC3)n2)cc1NC(=O)c1cnc2ccccn12. The van der Waals surface area contributed by atoms with Crippen molar-refractivity contribution in [2.24, 2.45) is 5.92 Å². The van der Waals surface area contributed by atoms with Crippen LogP contribution in [0.3, 0.4) is 0 Å². The van der Waals surface area contributed by atoms with Gasteiger partial charge in [0, 0.05) is 17.4 Å². The Morgan fingerprint density at radius 1 is 1.31 bits per heavy atom. The Hall–Kier alpha value is -3.55. The molecule has 0 aliphatic heterocycles. The van der Waals surface area contributed by atoms with Gasteiger partial charge in [-0.05, 0) is 49.4 Å². The largest absolute Gasteiger partial charge is 0.336 e. The smallest absolute Gasteiger partial charge is 0.274 e. The topological polar surface area (TPSA) is 85.3 Å². The number of aryl methyl sites for hydroxylation is 1. The maximum Gasteiger partial charge on any atom is 0.274 e. The lowest BCUT2D eigenvalue weighted by Gasteiger charge is -2.09. The summed E-state index contributed by atoms with van der Waals surface area (Å²) >= 11 is 0. The van der Waals surface area contributed by atoms with Crippen LogP contribution in [-0.4, -0.2) is 25.4 Å². The van der Waals surface area contributed by atoms with Crippen molar-refractivity contribution in [1.29, 1.82) is 0 Å². The predicted octanol–water partition coefficient (Wildman–Crippen LogP) is 4.37. The third-order valence-corrected chi connectivity index (χ3v) is 5.11. The van der Waals surface area contributed by atoms with E-state index in [1.54, 1.807) is 16.7 Å². The normalized spacial score (nSPS) is 14.8.